The van der Waals surface area contributed by atoms with Crippen LogP contribution in [0.5, 0.6) is 0 Å². The smallest absolute Gasteiger partial charge is 0.0998 e. The second-order valence-corrected chi connectivity index (χ2v) is 5.80. The number of nitrogens with zero attached hydrogens (tertiary/aromatic N) is 2. The lowest BCUT2D eigenvalue weighted by Crippen LogP contribution is -2.31. The maximum Gasteiger partial charge on any atom is 0.0998 e. The van der Waals surface area contributed by atoms with Gasteiger partial charge in [-0.1, -0.05) is 42.5 Å². The zero-order chi connectivity index (χ0) is 15.4. The molecule has 2 aromatic carbocycles. The van der Waals surface area contributed by atoms with Crippen molar-refractivity contribution in [2.45, 2.75) is 25.4 Å². The Bertz CT molecular complexity index is 673. The maximum absolute atomic E-state index is 9.39. The summed E-state index contributed by atoms with van der Waals surface area (Å²) in [7, 11) is 0. The van der Waals surface area contributed by atoms with Gasteiger partial charge in [0.15, 0.2) is 0 Å². The van der Waals surface area contributed by atoms with E-state index in [-0.39, 0.29) is 6.61 Å². The summed E-state index contributed by atoms with van der Waals surface area (Å²) in [4.78, 5) is 2.35. The summed E-state index contributed by atoms with van der Waals surface area (Å²) >= 11 is 0. The zero-order valence-electron chi connectivity index (χ0n) is 12.6. The van der Waals surface area contributed by atoms with Gasteiger partial charge in [0.05, 0.1) is 18.2 Å². The molecule has 1 saturated heterocycles. The zero-order valence-corrected chi connectivity index (χ0v) is 12.6. The Morgan fingerprint density at radius 3 is 2.64 bits per heavy atom. The van der Waals surface area contributed by atoms with Gasteiger partial charge < -0.3 is 5.11 Å². The van der Waals surface area contributed by atoms with Crippen LogP contribution < -0.4 is 0 Å². The van der Waals surface area contributed by atoms with E-state index in [0.29, 0.717) is 11.6 Å². The van der Waals surface area contributed by atoms with Crippen molar-refractivity contribution in [3.05, 3.63) is 59.7 Å². The minimum absolute atomic E-state index is 0.244. The maximum atomic E-state index is 9.39. The van der Waals surface area contributed by atoms with Gasteiger partial charge in [0.2, 0.25) is 0 Å². The van der Waals surface area contributed by atoms with Gasteiger partial charge in [0.25, 0.3) is 0 Å². The molecule has 3 rings (SSSR count). The topological polar surface area (TPSA) is 47.3 Å². The summed E-state index contributed by atoms with van der Waals surface area (Å²) in [6.45, 7) is 2.18. The lowest BCUT2D eigenvalue weighted by molar-refractivity contribution is 0.153. The highest BCUT2D eigenvalue weighted by molar-refractivity contribution is 5.70. The third-order valence-corrected chi connectivity index (χ3v) is 4.41. The predicted octanol–water partition coefficient (Wildman–Crippen LogP) is 3.18. The monoisotopic (exact) mass is 292 g/mol. The molecule has 0 aliphatic carbocycles. The lowest BCUT2D eigenvalue weighted by atomic mass is 9.99. The summed E-state index contributed by atoms with van der Waals surface area (Å²) in [6.07, 6.45) is 2.25. The van der Waals surface area contributed by atoms with Crippen LogP contribution in [-0.4, -0.2) is 29.2 Å². The summed E-state index contributed by atoms with van der Waals surface area (Å²) < 4.78 is 0. The normalized spacial score (nSPS) is 18.3. The van der Waals surface area contributed by atoms with Gasteiger partial charge in [-0.15, -0.1) is 0 Å². The molecule has 1 unspecified atom stereocenters. The molecule has 0 bridgehead atoms. The van der Waals surface area contributed by atoms with Crippen molar-refractivity contribution >= 4 is 0 Å². The van der Waals surface area contributed by atoms with Crippen molar-refractivity contribution in [1.29, 1.82) is 5.26 Å². The van der Waals surface area contributed by atoms with Crippen molar-refractivity contribution in [3.8, 4) is 17.2 Å². The fourth-order valence-corrected chi connectivity index (χ4v) is 3.17. The van der Waals surface area contributed by atoms with E-state index in [1.807, 2.05) is 24.3 Å². The summed E-state index contributed by atoms with van der Waals surface area (Å²) in [5.41, 5.74) is 4.00. The van der Waals surface area contributed by atoms with E-state index in [9.17, 15) is 10.4 Å². The Balaban J connectivity index is 1.77. The number of aliphatic hydroxyl groups excluding tert-OH is 1. The molecule has 1 heterocycles. The van der Waals surface area contributed by atoms with Gasteiger partial charge in [-0.05, 0) is 42.1 Å². The molecule has 0 radical (unpaired) electrons. The molecular weight excluding hydrogens is 272 g/mol. The van der Waals surface area contributed by atoms with Crippen LogP contribution in [0.3, 0.4) is 0 Å². The van der Waals surface area contributed by atoms with Gasteiger partial charge in [-0.2, -0.15) is 5.26 Å². The Morgan fingerprint density at radius 2 is 1.91 bits per heavy atom. The standard InChI is InChI=1S/C19H20N2O/c20-12-17-4-1-2-6-19(17)16-9-7-15(8-10-16)13-21-11-3-5-18(21)14-22/h1-2,4,6-10,18,22H,3,5,11,13-14H2. The van der Waals surface area contributed by atoms with Crippen LogP contribution in [0.25, 0.3) is 11.1 Å². The van der Waals surface area contributed by atoms with Crippen molar-refractivity contribution in [2.24, 2.45) is 0 Å². The first-order valence-corrected chi connectivity index (χ1v) is 7.75. The van der Waals surface area contributed by atoms with E-state index >= 15 is 0 Å². The number of benzene rings is 2. The number of nitriles is 1. The van der Waals surface area contributed by atoms with Gasteiger partial charge in [0, 0.05) is 12.6 Å². The number of aliphatic hydroxyl groups is 1. The van der Waals surface area contributed by atoms with Gasteiger partial charge >= 0.3 is 0 Å². The lowest BCUT2D eigenvalue weighted by Gasteiger charge is -2.22. The first-order chi connectivity index (χ1) is 10.8. The molecule has 1 aliphatic heterocycles. The number of hydrogen-bond acceptors (Lipinski definition) is 3. The Morgan fingerprint density at radius 1 is 1.14 bits per heavy atom. The number of likely N-dealkylation sites (tertiary alicyclic amines) is 1. The molecule has 0 saturated carbocycles. The SMILES string of the molecule is N#Cc1ccccc1-c1ccc(CN2CCCC2CO)cc1. The molecule has 3 heteroatoms. The number of rotatable bonds is 4. The fraction of sp³-hybridized carbons (Fsp3) is 0.316. The Kier molecular flexibility index (Phi) is 4.53. The average molecular weight is 292 g/mol. The molecule has 3 nitrogen and oxygen atoms in total. The second-order valence-electron chi connectivity index (χ2n) is 5.80. The van der Waals surface area contributed by atoms with E-state index in [2.05, 4.69) is 35.2 Å². The molecule has 1 N–H and O–H groups in total. The van der Waals surface area contributed by atoms with Crippen LogP contribution in [0.15, 0.2) is 48.5 Å². The summed E-state index contributed by atoms with van der Waals surface area (Å²) in [5, 5.41) is 18.6. The summed E-state index contributed by atoms with van der Waals surface area (Å²) in [5.74, 6) is 0. The third-order valence-electron chi connectivity index (χ3n) is 4.41. The van der Waals surface area contributed by atoms with E-state index in [4.69, 9.17) is 0 Å². The highest BCUT2D eigenvalue weighted by Gasteiger charge is 2.23. The van der Waals surface area contributed by atoms with Crippen molar-refractivity contribution in [1.82, 2.24) is 4.90 Å². The van der Waals surface area contributed by atoms with Crippen molar-refractivity contribution < 1.29 is 5.11 Å². The van der Waals surface area contributed by atoms with Gasteiger partial charge in [0.1, 0.15) is 0 Å². The van der Waals surface area contributed by atoms with Crippen LogP contribution in [0.1, 0.15) is 24.0 Å². The van der Waals surface area contributed by atoms with Crippen LogP contribution in [0.4, 0.5) is 0 Å². The molecule has 2 aromatic rings. The van der Waals surface area contributed by atoms with E-state index < -0.39 is 0 Å². The largest absolute Gasteiger partial charge is 0.395 e. The van der Waals surface area contributed by atoms with Crippen LogP contribution in [0.2, 0.25) is 0 Å². The predicted molar refractivity (Wildman–Crippen MR) is 87.1 cm³/mol. The van der Waals surface area contributed by atoms with E-state index in [1.54, 1.807) is 0 Å². The van der Waals surface area contributed by atoms with Gasteiger partial charge in [-0.3, -0.25) is 4.90 Å². The van der Waals surface area contributed by atoms with Crippen molar-refractivity contribution in [2.75, 3.05) is 13.2 Å². The first kappa shape index (κ1) is 14.8. The summed E-state index contributed by atoms with van der Waals surface area (Å²) in [6, 6.07) is 18.6. The quantitative estimate of drug-likeness (QED) is 0.941. The molecule has 112 valence electrons. The minimum Gasteiger partial charge on any atom is -0.395 e. The average Bonchev–Trinajstić information content (AvgIpc) is 3.02. The van der Waals surface area contributed by atoms with E-state index in [1.165, 1.54) is 12.0 Å². The van der Waals surface area contributed by atoms with Gasteiger partial charge in [-0.25, -0.2) is 0 Å². The molecule has 0 aromatic heterocycles. The highest BCUT2D eigenvalue weighted by atomic mass is 16.3. The fourth-order valence-electron chi connectivity index (χ4n) is 3.17. The molecule has 1 fully saturated rings. The Hall–Kier alpha value is -2.15. The first-order valence-electron chi connectivity index (χ1n) is 7.75. The molecule has 0 amide bonds. The van der Waals surface area contributed by atoms with Crippen LogP contribution >= 0.6 is 0 Å². The number of hydrogen-bond donors (Lipinski definition) is 1. The molecule has 22 heavy (non-hydrogen) atoms. The highest BCUT2D eigenvalue weighted by Crippen LogP contribution is 2.25. The second kappa shape index (κ2) is 6.74. The molecule has 1 atom stereocenters. The van der Waals surface area contributed by atoms with E-state index in [0.717, 1.165) is 30.6 Å². The Labute approximate surface area is 131 Å². The van der Waals surface area contributed by atoms with Crippen LogP contribution in [-0.2, 0) is 6.54 Å². The third kappa shape index (κ3) is 3.04. The molecule has 1 aliphatic rings. The van der Waals surface area contributed by atoms with Crippen molar-refractivity contribution in [3.63, 3.8) is 0 Å². The minimum atomic E-state index is 0.244. The molecular formula is C19H20N2O. The molecule has 0 spiro atoms. The van der Waals surface area contributed by atoms with Crippen LogP contribution in [0, 0.1) is 11.3 Å².